The molecule has 1 aliphatic carbocycles. The van der Waals surface area contributed by atoms with Crippen LogP contribution in [0.25, 0.3) is 0 Å². The molecule has 87 valence electrons. The lowest BCUT2D eigenvalue weighted by molar-refractivity contribution is -0.142. The molecule has 1 fully saturated rings. The van der Waals surface area contributed by atoms with E-state index in [9.17, 15) is 4.79 Å². The molecule has 3 unspecified atom stereocenters. The summed E-state index contributed by atoms with van der Waals surface area (Å²) in [6.07, 6.45) is 6.16. The third kappa shape index (κ3) is 3.22. The molecule has 1 aliphatic rings. The van der Waals surface area contributed by atoms with Gasteiger partial charge in [-0.1, -0.05) is 27.2 Å². The molecule has 1 radical (unpaired) electrons. The lowest BCUT2D eigenvalue weighted by atomic mass is 9.71. The molecule has 3 atom stereocenters. The summed E-state index contributed by atoms with van der Waals surface area (Å²) in [4.78, 5) is 10.8. The van der Waals surface area contributed by atoms with Gasteiger partial charge in [0, 0.05) is 0 Å². The predicted molar refractivity (Wildman–Crippen MR) is 61.4 cm³/mol. The second-order valence-electron chi connectivity index (χ2n) is 5.06. The minimum atomic E-state index is -0.623. The Kier molecular flexibility index (Phi) is 4.62. The maximum Gasteiger partial charge on any atom is 0.306 e. The van der Waals surface area contributed by atoms with Crippen molar-refractivity contribution in [2.45, 2.75) is 46.5 Å². The van der Waals surface area contributed by atoms with Crippen LogP contribution in [-0.4, -0.2) is 11.1 Å². The Morgan fingerprint density at radius 1 is 1.47 bits per heavy atom. The first-order chi connectivity index (χ1) is 7.06. The number of carbonyl (C=O) groups is 1. The van der Waals surface area contributed by atoms with Crippen molar-refractivity contribution in [3.63, 3.8) is 0 Å². The summed E-state index contributed by atoms with van der Waals surface area (Å²) < 4.78 is 0. The Labute approximate surface area is 93.1 Å². The first kappa shape index (κ1) is 12.5. The van der Waals surface area contributed by atoms with Crippen molar-refractivity contribution in [3.8, 4) is 0 Å². The molecule has 1 rings (SSSR count). The molecular formula is C13H23O2. The SMILES string of the molecule is CCC(C(C)C)C1[CH]CC(C(=O)O)CC1. The maximum atomic E-state index is 10.8. The molecule has 0 heterocycles. The summed E-state index contributed by atoms with van der Waals surface area (Å²) in [7, 11) is 0. The third-order valence-electron chi connectivity index (χ3n) is 3.80. The molecule has 2 heteroatoms. The zero-order valence-corrected chi connectivity index (χ0v) is 10.1. The predicted octanol–water partition coefficient (Wildman–Crippen LogP) is 3.37. The average Bonchev–Trinajstić information content (AvgIpc) is 2.19. The van der Waals surface area contributed by atoms with Crippen LogP contribution in [0.1, 0.15) is 46.5 Å². The normalized spacial score (nSPS) is 29.1. The van der Waals surface area contributed by atoms with E-state index in [4.69, 9.17) is 5.11 Å². The highest BCUT2D eigenvalue weighted by atomic mass is 16.4. The second-order valence-corrected chi connectivity index (χ2v) is 5.06. The van der Waals surface area contributed by atoms with Crippen molar-refractivity contribution in [1.29, 1.82) is 0 Å². The van der Waals surface area contributed by atoms with Gasteiger partial charge in [0.1, 0.15) is 0 Å². The van der Waals surface area contributed by atoms with E-state index < -0.39 is 5.97 Å². The Balaban J connectivity index is 2.45. The number of rotatable bonds is 4. The fraction of sp³-hybridized carbons (Fsp3) is 0.846. The van der Waals surface area contributed by atoms with Crippen LogP contribution in [0, 0.1) is 30.1 Å². The van der Waals surface area contributed by atoms with Crippen LogP contribution in [0.3, 0.4) is 0 Å². The van der Waals surface area contributed by atoms with Gasteiger partial charge in [-0.15, -0.1) is 0 Å². The number of hydrogen-bond donors (Lipinski definition) is 1. The molecule has 0 aromatic heterocycles. The summed E-state index contributed by atoms with van der Waals surface area (Å²) in [5, 5.41) is 8.91. The topological polar surface area (TPSA) is 37.3 Å². The largest absolute Gasteiger partial charge is 0.481 e. The van der Waals surface area contributed by atoms with E-state index >= 15 is 0 Å². The fourth-order valence-electron chi connectivity index (χ4n) is 2.85. The highest BCUT2D eigenvalue weighted by molar-refractivity contribution is 5.70. The van der Waals surface area contributed by atoms with Crippen LogP contribution in [0.5, 0.6) is 0 Å². The lowest BCUT2D eigenvalue weighted by Gasteiger charge is -2.34. The fourth-order valence-corrected chi connectivity index (χ4v) is 2.85. The van der Waals surface area contributed by atoms with E-state index in [-0.39, 0.29) is 5.92 Å². The Morgan fingerprint density at radius 2 is 2.13 bits per heavy atom. The molecular weight excluding hydrogens is 188 g/mol. The standard InChI is InChI=1S/C13H23O2/c1-4-12(9(2)3)10-5-7-11(8-6-10)13(14)15/h5,9-12H,4,6-8H2,1-3H3,(H,14,15). The highest BCUT2D eigenvalue weighted by Crippen LogP contribution is 2.37. The highest BCUT2D eigenvalue weighted by Gasteiger charge is 2.30. The summed E-state index contributed by atoms with van der Waals surface area (Å²) >= 11 is 0. The smallest absolute Gasteiger partial charge is 0.306 e. The molecule has 0 bridgehead atoms. The zero-order chi connectivity index (χ0) is 11.4. The quantitative estimate of drug-likeness (QED) is 0.774. The van der Waals surface area contributed by atoms with Gasteiger partial charge >= 0.3 is 5.97 Å². The van der Waals surface area contributed by atoms with Crippen LogP contribution in [-0.2, 0) is 4.79 Å². The lowest BCUT2D eigenvalue weighted by Crippen LogP contribution is -2.28. The van der Waals surface area contributed by atoms with Gasteiger partial charge in [0.25, 0.3) is 0 Å². The van der Waals surface area contributed by atoms with Crippen molar-refractivity contribution >= 4 is 5.97 Å². The Hall–Kier alpha value is -0.530. The average molecular weight is 211 g/mol. The molecule has 1 N–H and O–H groups in total. The van der Waals surface area contributed by atoms with Gasteiger partial charge in [0.05, 0.1) is 5.92 Å². The summed E-state index contributed by atoms with van der Waals surface area (Å²) in [5.74, 6) is 1.34. The van der Waals surface area contributed by atoms with Gasteiger partial charge in [-0.3, -0.25) is 4.79 Å². The van der Waals surface area contributed by atoms with Crippen LogP contribution < -0.4 is 0 Å². The summed E-state index contributed by atoms with van der Waals surface area (Å²) in [6.45, 7) is 6.78. The summed E-state index contributed by atoms with van der Waals surface area (Å²) in [6, 6.07) is 0. The van der Waals surface area contributed by atoms with Crippen LogP contribution in [0.2, 0.25) is 0 Å². The van der Waals surface area contributed by atoms with Crippen LogP contribution >= 0.6 is 0 Å². The molecule has 0 amide bonds. The van der Waals surface area contributed by atoms with Crippen molar-refractivity contribution in [3.05, 3.63) is 6.42 Å². The molecule has 0 spiro atoms. The maximum absolute atomic E-state index is 10.8. The number of hydrogen-bond acceptors (Lipinski definition) is 1. The molecule has 0 aliphatic heterocycles. The van der Waals surface area contributed by atoms with Crippen LogP contribution in [0.4, 0.5) is 0 Å². The van der Waals surface area contributed by atoms with Gasteiger partial charge in [0.15, 0.2) is 0 Å². The Bertz CT molecular complexity index is 203. The minimum Gasteiger partial charge on any atom is -0.481 e. The van der Waals surface area contributed by atoms with Crippen molar-refractivity contribution in [2.24, 2.45) is 23.7 Å². The van der Waals surface area contributed by atoms with Gasteiger partial charge in [-0.2, -0.15) is 0 Å². The van der Waals surface area contributed by atoms with E-state index in [1.807, 2.05) is 0 Å². The number of carboxylic acid groups (broad SMARTS) is 1. The zero-order valence-electron chi connectivity index (χ0n) is 10.1. The van der Waals surface area contributed by atoms with Crippen molar-refractivity contribution in [1.82, 2.24) is 0 Å². The first-order valence-corrected chi connectivity index (χ1v) is 6.12. The van der Waals surface area contributed by atoms with E-state index in [1.54, 1.807) is 0 Å². The van der Waals surface area contributed by atoms with Gasteiger partial charge in [0.2, 0.25) is 0 Å². The molecule has 0 aromatic rings. The third-order valence-corrected chi connectivity index (χ3v) is 3.80. The molecule has 2 nitrogen and oxygen atoms in total. The molecule has 0 aromatic carbocycles. The molecule has 15 heavy (non-hydrogen) atoms. The van der Waals surface area contributed by atoms with E-state index in [2.05, 4.69) is 27.2 Å². The summed E-state index contributed by atoms with van der Waals surface area (Å²) in [5.41, 5.74) is 0. The monoisotopic (exact) mass is 211 g/mol. The van der Waals surface area contributed by atoms with Gasteiger partial charge in [-0.25, -0.2) is 0 Å². The van der Waals surface area contributed by atoms with E-state index in [1.165, 1.54) is 6.42 Å². The van der Waals surface area contributed by atoms with E-state index in [0.717, 1.165) is 25.2 Å². The molecule has 1 saturated carbocycles. The van der Waals surface area contributed by atoms with Crippen LogP contribution in [0.15, 0.2) is 0 Å². The van der Waals surface area contributed by atoms with E-state index in [0.29, 0.717) is 11.8 Å². The second kappa shape index (κ2) is 5.53. The molecule has 0 saturated heterocycles. The van der Waals surface area contributed by atoms with Gasteiger partial charge in [-0.05, 0) is 43.4 Å². The first-order valence-electron chi connectivity index (χ1n) is 6.12. The number of carboxylic acids is 1. The Morgan fingerprint density at radius 3 is 2.47 bits per heavy atom. The minimum absolute atomic E-state index is 0.120. The van der Waals surface area contributed by atoms with Crippen molar-refractivity contribution in [2.75, 3.05) is 0 Å². The van der Waals surface area contributed by atoms with Crippen molar-refractivity contribution < 1.29 is 9.90 Å². The van der Waals surface area contributed by atoms with Gasteiger partial charge < -0.3 is 5.11 Å². The number of aliphatic carboxylic acids is 1.